The topological polar surface area (TPSA) is 38.3 Å². The zero-order valence-corrected chi connectivity index (χ0v) is 13.8. The minimum Gasteiger partial charge on any atom is -0.484 e. The maximum atomic E-state index is 12.0. The van der Waals surface area contributed by atoms with E-state index in [-0.39, 0.29) is 12.5 Å². The number of halogens is 3. The predicted octanol–water partition coefficient (Wildman–Crippen LogP) is 4.29. The van der Waals surface area contributed by atoms with Crippen molar-refractivity contribution in [1.82, 2.24) is 5.32 Å². The molecule has 2 rings (SSSR count). The summed E-state index contributed by atoms with van der Waals surface area (Å²) in [5.74, 6) is 0.229. The molecule has 6 heteroatoms. The molecule has 0 heterocycles. The van der Waals surface area contributed by atoms with Crippen LogP contribution in [0.1, 0.15) is 11.6 Å². The Bertz CT molecular complexity index is 600. The summed E-state index contributed by atoms with van der Waals surface area (Å²) in [5.41, 5.74) is 0.704. The van der Waals surface area contributed by atoms with Gasteiger partial charge in [0.15, 0.2) is 6.61 Å². The highest BCUT2D eigenvalue weighted by atomic mass is 35.6. The van der Waals surface area contributed by atoms with E-state index in [4.69, 9.17) is 39.5 Å². The third-order valence-corrected chi connectivity index (χ3v) is 3.53. The number of hydrogen-bond acceptors (Lipinski definition) is 2. The smallest absolute Gasteiger partial charge is 0.258 e. The Balaban J connectivity index is 2.00. The van der Waals surface area contributed by atoms with Crippen molar-refractivity contribution in [3.05, 3.63) is 66.2 Å². The molecule has 0 spiro atoms. The van der Waals surface area contributed by atoms with Gasteiger partial charge in [-0.15, -0.1) is 0 Å². The van der Waals surface area contributed by atoms with E-state index >= 15 is 0 Å². The minimum absolute atomic E-state index is 0.159. The van der Waals surface area contributed by atoms with Crippen LogP contribution in [0.15, 0.2) is 60.7 Å². The second-order valence-electron chi connectivity index (χ2n) is 4.55. The van der Waals surface area contributed by atoms with Gasteiger partial charge in [0, 0.05) is 0 Å². The molecule has 0 saturated carbocycles. The second-order valence-corrected chi connectivity index (χ2v) is 6.92. The molecule has 0 aliphatic heterocycles. The number of benzene rings is 2. The van der Waals surface area contributed by atoms with Crippen molar-refractivity contribution in [2.75, 3.05) is 6.61 Å². The minimum atomic E-state index is -1.66. The van der Waals surface area contributed by atoms with E-state index in [0.717, 1.165) is 0 Å². The molecule has 116 valence electrons. The van der Waals surface area contributed by atoms with Crippen molar-refractivity contribution < 1.29 is 9.53 Å². The molecule has 1 N–H and O–H groups in total. The molecule has 3 nitrogen and oxygen atoms in total. The van der Waals surface area contributed by atoms with E-state index in [2.05, 4.69) is 5.32 Å². The Morgan fingerprint density at radius 2 is 1.55 bits per heavy atom. The van der Waals surface area contributed by atoms with Crippen LogP contribution in [0.25, 0.3) is 0 Å². The molecule has 2 aromatic rings. The first kappa shape index (κ1) is 16.9. The van der Waals surface area contributed by atoms with Gasteiger partial charge in [-0.1, -0.05) is 83.3 Å². The van der Waals surface area contributed by atoms with E-state index in [0.29, 0.717) is 11.3 Å². The van der Waals surface area contributed by atoms with Crippen molar-refractivity contribution in [3.8, 4) is 5.75 Å². The summed E-state index contributed by atoms with van der Waals surface area (Å²) in [5, 5.41) is 2.68. The zero-order chi connectivity index (χ0) is 16.0. The summed E-state index contributed by atoms with van der Waals surface area (Å²) in [7, 11) is 0. The fraction of sp³-hybridized carbons (Fsp3) is 0.188. The number of amides is 1. The van der Waals surface area contributed by atoms with Crippen LogP contribution in [0.2, 0.25) is 0 Å². The van der Waals surface area contributed by atoms with Crippen LogP contribution in [0.3, 0.4) is 0 Å². The van der Waals surface area contributed by atoms with Crippen LogP contribution in [0.4, 0.5) is 0 Å². The highest BCUT2D eigenvalue weighted by Crippen LogP contribution is 2.39. The largest absolute Gasteiger partial charge is 0.484 e. The quantitative estimate of drug-likeness (QED) is 0.810. The first-order valence-corrected chi connectivity index (χ1v) is 7.69. The van der Waals surface area contributed by atoms with Crippen LogP contribution < -0.4 is 10.1 Å². The standard InChI is InChI=1S/C16H14Cl3NO2/c17-16(18,19)15(12-7-3-1-4-8-12)20-14(21)11-22-13-9-5-2-6-10-13/h1-10,15H,11H2,(H,20,21). The third kappa shape index (κ3) is 5.09. The molecule has 1 amide bonds. The molecule has 0 fully saturated rings. The predicted molar refractivity (Wildman–Crippen MR) is 89.6 cm³/mol. The van der Waals surface area contributed by atoms with Gasteiger partial charge in [0.05, 0.1) is 0 Å². The average molecular weight is 359 g/mol. The Morgan fingerprint density at radius 1 is 1.00 bits per heavy atom. The SMILES string of the molecule is O=C(COc1ccccc1)NC(c1ccccc1)C(Cl)(Cl)Cl. The summed E-state index contributed by atoms with van der Waals surface area (Å²) in [6.45, 7) is -0.159. The van der Waals surface area contributed by atoms with Crippen LogP contribution in [0, 0.1) is 0 Å². The van der Waals surface area contributed by atoms with Crippen LogP contribution in [-0.2, 0) is 4.79 Å². The van der Waals surface area contributed by atoms with E-state index < -0.39 is 9.83 Å². The van der Waals surface area contributed by atoms with Gasteiger partial charge in [-0.05, 0) is 17.7 Å². The maximum absolute atomic E-state index is 12.0. The number of alkyl halides is 3. The molecule has 22 heavy (non-hydrogen) atoms. The van der Waals surface area contributed by atoms with Gasteiger partial charge in [-0.25, -0.2) is 0 Å². The Hall–Kier alpha value is -1.42. The molecular weight excluding hydrogens is 345 g/mol. The molecule has 0 aliphatic rings. The van der Waals surface area contributed by atoms with Gasteiger partial charge >= 0.3 is 0 Å². The molecule has 1 unspecified atom stereocenters. The number of para-hydroxylation sites is 1. The number of carbonyl (C=O) groups is 1. The van der Waals surface area contributed by atoms with Crippen molar-refractivity contribution in [2.45, 2.75) is 9.83 Å². The summed E-state index contributed by atoms with van der Waals surface area (Å²) in [6, 6.07) is 17.3. The molecule has 2 aromatic carbocycles. The van der Waals surface area contributed by atoms with E-state index in [1.54, 1.807) is 24.3 Å². The summed E-state index contributed by atoms with van der Waals surface area (Å²) in [6.07, 6.45) is 0. The van der Waals surface area contributed by atoms with Gasteiger partial charge in [0.2, 0.25) is 3.79 Å². The van der Waals surface area contributed by atoms with Crippen molar-refractivity contribution in [2.24, 2.45) is 0 Å². The fourth-order valence-corrected chi connectivity index (χ4v) is 2.41. The molecule has 1 atom stereocenters. The number of carbonyl (C=O) groups excluding carboxylic acids is 1. The van der Waals surface area contributed by atoms with Crippen molar-refractivity contribution in [1.29, 1.82) is 0 Å². The lowest BCUT2D eigenvalue weighted by Gasteiger charge is -2.26. The molecule has 0 bridgehead atoms. The van der Waals surface area contributed by atoms with Crippen LogP contribution in [0.5, 0.6) is 5.75 Å². The number of hydrogen-bond donors (Lipinski definition) is 1. The monoisotopic (exact) mass is 357 g/mol. The highest BCUT2D eigenvalue weighted by Gasteiger charge is 2.35. The Labute approximate surface area is 144 Å². The van der Waals surface area contributed by atoms with E-state index in [1.807, 2.05) is 36.4 Å². The zero-order valence-electron chi connectivity index (χ0n) is 11.5. The van der Waals surface area contributed by atoms with Gasteiger partial charge in [0.1, 0.15) is 11.8 Å². The van der Waals surface area contributed by atoms with Crippen molar-refractivity contribution in [3.63, 3.8) is 0 Å². The molecule has 0 aliphatic carbocycles. The van der Waals surface area contributed by atoms with Crippen LogP contribution in [-0.4, -0.2) is 16.3 Å². The summed E-state index contributed by atoms with van der Waals surface area (Å²) >= 11 is 17.9. The van der Waals surface area contributed by atoms with Gasteiger partial charge < -0.3 is 10.1 Å². The van der Waals surface area contributed by atoms with E-state index in [9.17, 15) is 4.79 Å². The number of nitrogens with one attached hydrogen (secondary N) is 1. The number of rotatable bonds is 5. The summed E-state index contributed by atoms with van der Waals surface area (Å²) in [4.78, 5) is 12.0. The summed E-state index contributed by atoms with van der Waals surface area (Å²) < 4.78 is 3.71. The molecule has 0 radical (unpaired) electrons. The lowest BCUT2D eigenvalue weighted by molar-refractivity contribution is -0.123. The average Bonchev–Trinajstić information content (AvgIpc) is 2.51. The molecular formula is C16H14Cl3NO2. The first-order valence-electron chi connectivity index (χ1n) is 6.55. The lowest BCUT2D eigenvalue weighted by atomic mass is 10.1. The van der Waals surface area contributed by atoms with E-state index in [1.165, 1.54) is 0 Å². The Kier molecular flexibility index (Phi) is 5.95. The fourth-order valence-electron chi connectivity index (χ4n) is 1.87. The lowest BCUT2D eigenvalue weighted by Crippen LogP contribution is -2.39. The van der Waals surface area contributed by atoms with Gasteiger partial charge in [0.25, 0.3) is 5.91 Å². The number of ether oxygens (including phenoxy) is 1. The van der Waals surface area contributed by atoms with Gasteiger partial charge in [-0.3, -0.25) is 4.79 Å². The molecule has 0 aromatic heterocycles. The Morgan fingerprint density at radius 3 is 2.09 bits per heavy atom. The van der Waals surface area contributed by atoms with Crippen LogP contribution >= 0.6 is 34.8 Å². The van der Waals surface area contributed by atoms with Gasteiger partial charge in [-0.2, -0.15) is 0 Å². The highest BCUT2D eigenvalue weighted by molar-refractivity contribution is 6.68. The normalized spacial score (nSPS) is 12.5. The third-order valence-electron chi connectivity index (χ3n) is 2.88. The van der Waals surface area contributed by atoms with Crippen molar-refractivity contribution >= 4 is 40.7 Å². The maximum Gasteiger partial charge on any atom is 0.258 e. The second kappa shape index (κ2) is 7.73. The first-order chi connectivity index (χ1) is 10.5. The molecule has 0 saturated heterocycles.